The highest BCUT2D eigenvalue weighted by molar-refractivity contribution is 8.08. The average Bonchev–Trinajstić information content (AvgIpc) is 2.91. The number of nitrogens with zero attached hydrogens (tertiary/aromatic N) is 2. The third-order valence-corrected chi connectivity index (χ3v) is 5.00. The van der Waals surface area contributed by atoms with Crippen molar-refractivity contribution in [1.82, 2.24) is 10.0 Å². The molecule has 0 unspecified atom stereocenters. The average molecular weight is 296 g/mol. The lowest BCUT2D eigenvalue weighted by Crippen LogP contribution is -2.35. The number of hydrogen-bond acceptors (Lipinski definition) is 7. The predicted molar refractivity (Wildman–Crippen MR) is 70.8 cm³/mol. The summed E-state index contributed by atoms with van der Waals surface area (Å²) in [4.78, 5) is 26.5. The number of hydroxylamine groups is 2. The lowest BCUT2D eigenvalue weighted by atomic mass is 10.2. The number of fused-ring (bicyclic) bond motifs is 1. The number of carbonyl (C=O) groups excluding carboxylic acids is 1. The molecule has 1 atom stereocenters. The maximum absolute atomic E-state index is 11.2. The number of ketones is 1. The molecule has 1 aromatic heterocycles. The van der Waals surface area contributed by atoms with E-state index in [0.717, 1.165) is 9.60 Å². The zero-order valence-electron chi connectivity index (χ0n) is 9.44. The Morgan fingerprint density at radius 1 is 1.47 bits per heavy atom. The molecule has 1 fully saturated rings. The molecule has 1 aliphatic heterocycles. The van der Waals surface area contributed by atoms with Crippen molar-refractivity contribution >= 4 is 52.0 Å². The topological polar surface area (TPSA) is 90.7 Å². The molecule has 1 saturated heterocycles. The van der Waals surface area contributed by atoms with Crippen LogP contribution in [0, 0.1) is 0 Å². The Morgan fingerprint density at radius 2 is 2.26 bits per heavy atom. The van der Waals surface area contributed by atoms with Crippen molar-refractivity contribution in [2.75, 3.05) is 5.75 Å². The van der Waals surface area contributed by atoms with Crippen LogP contribution in [-0.4, -0.2) is 43.9 Å². The third-order valence-electron chi connectivity index (χ3n) is 2.71. The fraction of sp³-hybridized carbons (Fsp3) is 0.182. The Bertz CT molecular complexity index is 722. The van der Waals surface area contributed by atoms with Crippen molar-refractivity contribution in [2.45, 2.75) is 6.04 Å². The second kappa shape index (κ2) is 4.48. The summed E-state index contributed by atoms with van der Waals surface area (Å²) in [6.45, 7) is 0. The standard InChI is InChI=1S/C11H8N2O4S2/c14-5-1-2-6-8(3-5)19-9(12-6)10-13(17)7(4-18-10)11(15)16/h1-3,7,17H,4H2,(H,15,16)/b10-9-/t7-/m1/s1. The van der Waals surface area contributed by atoms with Crippen LogP contribution in [0.5, 0.6) is 0 Å². The van der Waals surface area contributed by atoms with Gasteiger partial charge >= 0.3 is 5.97 Å². The summed E-state index contributed by atoms with van der Waals surface area (Å²) in [6.07, 6.45) is 4.52. The first kappa shape index (κ1) is 12.4. The van der Waals surface area contributed by atoms with Gasteiger partial charge in [-0.3, -0.25) is 10.0 Å². The molecule has 3 rings (SSSR count). The molecule has 1 aliphatic carbocycles. The van der Waals surface area contributed by atoms with Gasteiger partial charge in [0.1, 0.15) is 9.69 Å². The van der Waals surface area contributed by atoms with Crippen LogP contribution in [-0.2, 0) is 9.59 Å². The zero-order valence-corrected chi connectivity index (χ0v) is 11.1. The van der Waals surface area contributed by atoms with Gasteiger partial charge in [-0.15, -0.1) is 23.1 Å². The third kappa shape index (κ3) is 2.07. The largest absolute Gasteiger partial charge is 0.480 e. The lowest BCUT2D eigenvalue weighted by Gasteiger charge is -2.13. The van der Waals surface area contributed by atoms with E-state index in [-0.39, 0.29) is 11.5 Å². The van der Waals surface area contributed by atoms with E-state index in [2.05, 4.69) is 4.98 Å². The quantitative estimate of drug-likeness (QED) is 0.720. The second-order valence-electron chi connectivity index (χ2n) is 3.96. The number of allylic oxidation sites excluding steroid dienone is 1. The first-order valence-electron chi connectivity index (χ1n) is 5.35. The van der Waals surface area contributed by atoms with E-state index in [1.165, 1.54) is 35.3 Å². The molecule has 0 aromatic carbocycles. The molecule has 19 heavy (non-hydrogen) atoms. The van der Waals surface area contributed by atoms with Crippen molar-refractivity contribution in [3.05, 3.63) is 21.0 Å². The number of carboxylic acid groups (broad SMARTS) is 1. The Morgan fingerprint density at radius 3 is 2.95 bits per heavy atom. The summed E-state index contributed by atoms with van der Waals surface area (Å²) in [5, 5.41) is 19.9. The molecule has 0 amide bonds. The summed E-state index contributed by atoms with van der Waals surface area (Å²) in [5.41, 5.74) is 0.667. The van der Waals surface area contributed by atoms with E-state index >= 15 is 0 Å². The maximum Gasteiger partial charge on any atom is 0.329 e. The van der Waals surface area contributed by atoms with Crippen molar-refractivity contribution in [1.29, 1.82) is 0 Å². The molecule has 8 heteroatoms. The van der Waals surface area contributed by atoms with Gasteiger partial charge in [0.15, 0.2) is 11.8 Å². The summed E-state index contributed by atoms with van der Waals surface area (Å²) < 4.78 is 1.25. The summed E-state index contributed by atoms with van der Waals surface area (Å²) in [6, 6.07) is -0.956. The zero-order chi connectivity index (χ0) is 13.6. The molecule has 2 aliphatic rings. The molecule has 0 saturated carbocycles. The van der Waals surface area contributed by atoms with Crippen LogP contribution in [0.2, 0.25) is 0 Å². The molecule has 2 N–H and O–H groups in total. The van der Waals surface area contributed by atoms with E-state index in [0.29, 0.717) is 15.4 Å². The minimum atomic E-state index is -1.08. The van der Waals surface area contributed by atoms with Gasteiger partial charge < -0.3 is 5.11 Å². The van der Waals surface area contributed by atoms with Crippen LogP contribution in [0.25, 0.3) is 17.2 Å². The van der Waals surface area contributed by atoms with Crippen LogP contribution < -0.4 is 9.20 Å². The molecule has 0 radical (unpaired) electrons. The van der Waals surface area contributed by atoms with Crippen LogP contribution in [0.1, 0.15) is 5.69 Å². The number of thioether (sulfide) groups is 1. The molecule has 0 spiro atoms. The smallest absolute Gasteiger partial charge is 0.329 e. The number of aromatic nitrogens is 1. The SMILES string of the molecule is O=C1C=Cc2n/c(=C3/SC[C@H](C(=O)O)N3O)sc2=C1. The Hall–Kier alpha value is -1.64. The molecular weight excluding hydrogens is 288 g/mol. The second-order valence-corrected chi connectivity index (χ2v) is 6.00. The van der Waals surface area contributed by atoms with Crippen molar-refractivity contribution in [2.24, 2.45) is 0 Å². The fourth-order valence-electron chi connectivity index (χ4n) is 1.77. The lowest BCUT2D eigenvalue weighted by molar-refractivity contribution is -0.151. The minimum absolute atomic E-state index is 0.101. The molecular formula is C11H8N2O4S2. The van der Waals surface area contributed by atoms with Crippen LogP contribution in [0.4, 0.5) is 0 Å². The highest BCUT2D eigenvalue weighted by Gasteiger charge is 2.34. The number of carbonyl (C=O) groups is 2. The van der Waals surface area contributed by atoms with Gasteiger partial charge in [-0.1, -0.05) is 0 Å². The van der Waals surface area contributed by atoms with E-state index in [4.69, 9.17) is 5.11 Å². The first-order valence-corrected chi connectivity index (χ1v) is 7.15. The van der Waals surface area contributed by atoms with E-state index < -0.39 is 12.0 Å². The van der Waals surface area contributed by atoms with Gasteiger partial charge in [0.05, 0.1) is 10.2 Å². The fourth-order valence-corrected chi connectivity index (χ4v) is 4.02. The summed E-state index contributed by atoms with van der Waals surface area (Å²) in [7, 11) is 0. The van der Waals surface area contributed by atoms with Gasteiger partial charge in [-0.05, 0) is 12.2 Å². The molecule has 0 bridgehead atoms. The minimum Gasteiger partial charge on any atom is -0.480 e. The Kier molecular flexibility index (Phi) is 2.92. The van der Waals surface area contributed by atoms with E-state index in [9.17, 15) is 14.8 Å². The van der Waals surface area contributed by atoms with Gasteiger partial charge in [0.25, 0.3) is 0 Å². The molecule has 6 nitrogen and oxygen atoms in total. The van der Waals surface area contributed by atoms with Gasteiger partial charge in [-0.2, -0.15) is 0 Å². The van der Waals surface area contributed by atoms with Gasteiger partial charge in [-0.25, -0.2) is 14.8 Å². The van der Waals surface area contributed by atoms with Crippen LogP contribution in [0.15, 0.2) is 6.08 Å². The monoisotopic (exact) mass is 296 g/mol. The first-order chi connectivity index (χ1) is 9.06. The number of aliphatic carboxylic acids is 1. The summed E-state index contributed by atoms with van der Waals surface area (Å²) in [5.74, 6) is -0.909. The predicted octanol–water partition coefficient (Wildman–Crippen LogP) is -0.524. The molecule has 98 valence electrons. The number of rotatable bonds is 1. The number of thiazole rings is 1. The number of carboxylic acids is 1. The van der Waals surface area contributed by atoms with Crippen LogP contribution >= 0.6 is 23.1 Å². The Labute approximate surface area is 115 Å². The van der Waals surface area contributed by atoms with Crippen molar-refractivity contribution in [3.63, 3.8) is 0 Å². The Balaban J connectivity index is 2.11. The van der Waals surface area contributed by atoms with Gasteiger partial charge in [0, 0.05) is 11.8 Å². The van der Waals surface area contributed by atoms with E-state index in [1.807, 2.05) is 0 Å². The summed E-state index contributed by atoms with van der Waals surface area (Å²) >= 11 is 2.50. The highest BCUT2D eigenvalue weighted by atomic mass is 32.2. The molecule has 1 aromatic rings. The van der Waals surface area contributed by atoms with Crippen molar-refractivity contribution < 1.29 is 19.9 Å². The number of hydrogen-bond donors (Lipinski definition) is 2. The molecule has 2 heterocycles. The maximum atomic E-state index is 11.2. The highest BCUT2D eigenvalue weighted by Crippen LogP contribution is 2.31. The normalized spacial score (nSPS) is 24.4. The van der Waals surface area contributed by atoms with Crippen LogP contribution in [0.3, 0.4) is 0 Å². The van der Waals surface area contributed by atoms with Crippen molar-refractivity contribution in [3.8, 4) is 0 Å². The van der Waals surface area contributed by atoms with Gasteiger partial charge in [0.2, 0.25) is 0 Å². The van der Waals surface area contributed by atoms with E-state index in [1.54, 1.807) is 6.08 Å².